The van der Waals surface area contributed by atoms with E-state index in [0.29, 0.717) is 4.31 Å². The number of hydrogen-bond acceptors (Lipinski definition) is 3. The van der Waals surface area contributed by atoms with Crippen LogP contribution in [-0.4, -0.2) is 48.9 Å². The molecule has 0 radical (unpaired) electrons. The van der Waals surface area contributed by atoms with Crippen LogP contribution in [0.3, 0.4) is 0 Å². The second kappa shape index (κ2) is 10.0. The number of nitrogens with one attached hydrogen (secondary N) is 1. The molecular formula is C29H38MoN3Si. The van der Waals surface area contributed by atoms with Crippen LogP contribution in [0.4, 0.5) is 0 Å². The zero-order valence-electron chi connectivity index (χ0n) is 21.5. The quantitative estimate of drug-likeness (QED) is 0.439. The minimum absolute atomic E-state index is 0.0468. The van der Waals surface area contributed by atoms with E-state index in [-0.39, 0.29) is 5.54 Å². The van der Waals surface area contributed by atoms with Gasteiger partial charge in [-0.15, -0.1) is 0 Å². The third-order valence-corrected chi connectivity index (χ3v) is 17.6. The van der Waals surface area contributed by atoms with Gasteiger partial charge in [0.2, 0.25) is 0 Å². The fraction of sp³-hybridized carbons (Fsp3) is 0.310. The summed E-state index contributed by atoms with van der Waals surface area (Å²) in [6.07, 6.45) is 2.55. The second-order valence-corrected chi connectivity index (χ2v) is 20.1. The third kappa shape index (κ3) is 4.80. The van der Waals surface area contributed by atoms with E-state index in [4.69, 9.17) is 0 Å². The molecular weight excluding hydrogens is 514 g/mol. The van der Waals surface area contributed by atoms with Crippen LogP contribution in [0.5, 0.6) is 0 Å². The Morgan fingerprint density at radius 1 is 0.706 bits per heavy atom. The Labute approximate surface area is 213 Å². The number of rotatable bonds is 7. The van der Waals surface area contributed by atoms with Gasteiger partial charge in [0.05, 0.1) is 0 Å². The Morgan fingerprint density at radius 3 is 1.65 bits per heavy atom. The maximum atomic E-state index is 4.30. The van der Waals surface area contributed by atoms with Gasteiger partial charge in [0, 0.05) is 0 Å². The predicted molar refractivity (Wildman–Crippen MR) is 145 cm³/mol. The Hall–Kier alpha value is -1.81. The van der Waals surface area contributed by atoms with Crippen molar-refractivity contribution in [3.05, 3.63) is 101 Å². The SMILES string of the molecule is C[N](C)[Mo]([CH]1C([Si](NC(C)(C)C)(c2ccccc2)c2ccccc2)=Cc2ccccc21)[N](C)C. The topological polar surface area (TPSA) is 18.5 Å². The molecule has 0 aliphatic heterocycles. The number of hydrogen-bond donors (Lipinski definition) is 1. The molecule has 1 unspecified atom stereocenters. The average molecular weight is 553 g/mol. The van der Waals surface area contributed by atoms with E-state index in [9.17, 15) is 0 Å². The molecule has 3 nitrogen and oxygen atoms in total. The normalized spacial score (nSPS) is 16.3. The molecule has 1 N–H and O–H groups in total. The summed E-state index contributed by atoms with van der Waals surface area (Å²) in [4.78, 5) is 4.30. The Morgan fingerprint density at radius 2 is 1.18 bits per heavy atom. The van der Waals surface area contributed by atoms with Crippen LogP contribution in [0.2, 0.25) is 0 Å². The summed E-state index contributed by atoms with van der Waals surface area (Å²) >= 11 is -1.95. The fourth-order valence-electron chi connectivity index (χ4n) is 5.23. The fourth-order valence-corrected chi connectivity index (χ4v) is 17.5. The van der Waals surface area contributed by atoms with Crippen LogP contribution < -0.4 is 15.4 Å². The molecule has 0 spiro atoms. The van der Waals surface area contributed by atoms with Gasteiger partial charge in [0.15, 0.2) is 0 Å². The van der Waals surface area contributed by atoms with E-state index < -0.39 is 26.0 Å². The molecule has 34 heavy (non-hydrogen) atoms. The van der Waals surface area contributed by atoms with Crippen molar-refractivity contribution in [2.24, 2.45) is 0 Å². The van der Waals surface area contributed by atoms with E-state index in [2.05, 4.69) is 152 Å². The molecule has 4 rings (SSSR count). The summed E-state index contributed by atoms with van der Waals surface area (Å²) in [5.41, 5.74) is 2.84. The summed E-state index contributed by atoms with van der Waals surface area (Å²) < 4.78 is 5.50. The first-order chi connectivity index (χ1) is 16.1. The molecule has 0 aromatic heterocycles. The van der Waals surface area contributed by atoms with Crippen molar-refractivity contribution in [3.8, 4) is 0 Å². The summed E-state index contributed by atoms with van der Waals surface area (Å²) in [5, 5.41) is 4.45. The maximum absolute atomic E-state index is 4.30. The van der Waals surface area contributed by atoms with Crippen molar-refractivity contribution < 1.29 is 17.8 Å². The summed E-state index contributed by atoms with van der Waals surface area (Å²) in [6, 6.07) is 31.6. The van der Waals surface area contributed by atoms with Gasteiger partial charge in [-0.3, -0.25) is 0 Å². The van der Waals surface area contributed by atoms with Gasteiger partial charge in [-0.25, -0.2) is 0 Å². The molecule has 5 heteroatoms. The molecule has 0 fully saturated rings. The van der Waals surface area contributed by atoms with Crippen molar-refractivity contribution in [2.45, 2.75) is 30.6 Å². The molecule has 3 aromatic carbocycles. The summed E-state index contributed by atoms with van der Waals surface area (Å²) in [5.74, 6) is 0. The van der Waals surface area contributed by atoms with Crippen LogP contribution in [-0.2, 0) is 17.8 Å². The van der Waals surface area contributed by atoms with E-state index in [1.807, 2.05) is 0 Å². The third-order valence-electron chi connectivity index (χ3n) is 6.24. The van der Waals surface area contributed by atoms with Gasteiger partial charge in [-0.2, -0.15) is 0 Å². The molecule has 1 aliphatic carbocycles. The molecule has 179 valence electrons. The van der Waals surface area contributed by atoms with Crippen molar-refractivity contribution in [3.63, 3.8) is 0 Å². The molecule has 3 aromatic rings. The van der Waals surface area contributed by atoms with E-state index in [1.54, 1.807) is 5.20 Å². The van der Waals surface area contributed by atoms with E-state index >= 15 is 0 Å². The van der Waals surface area contributed by atoms with E-state index in [1.165, 1.54) is 21.5 Å². The summed E-state index contributed by atoms with van der Waals surface area (Å²) in [7, 11) is 6.55. The minimum atomic E-state index is -2.57. The van der Waals surface area contributed by atoms with Gasteiger partial charge < -0.3 is 0 Å². The van der Waals surface area contributed by atoms with Crippen molar-refractivity contribution in [1.82, 2.24) is 11.9 Å². The average Bonchev–Trinajstić information content (AvgIpc) is 3.17. The number of fused-ring (bicyclic) bond motifs is 1. The van der Waals surface area contributed by atoms with Crippen molar-refractivity contribution in [1.29, 1.82) is 0 Å². The van der Waals surface area contributed by atoms with Gasteiger partial charge in [-0.05, 0) is 0 Å². The standard InChI is InChI=1S/C25H26NSi.2C2H6N.Mo/c1-25(2,3)26-27(22-14-6-4-7-15-22,23-16-8-5-9-17-23)24-18-20-12-10-11-13-21(20)19-24;2*1-3-2;/h4-19,26H,1-3H3;2*1-2H3;/q;2*-1;+2. The zero-order valence-corrected chi connectivity index (χ0v) is 24.5. The van der Waals surface area contributed by atoms with Crippen LogP contribution in [0, 0.1) is 0 Å². The first-order valence-corrected chi connectivity index (χ1v) is 16.9. The summed E-state index contributed by atoms with van der Waals surface area (Å²) in [6.45, 7) is 6.94. The van der Waals surface area contributed by atoms with Crippen LogP contribution in [0.15, 0.2) is 90.1 Å². The van der Waals surface area contributed by atoms with Crippen LogP contribution in [0.1, 0.15) is 36.2 Å². The first kappa shape index (κ1) is 25.3. The predicted octanol–water partition coefficient (Wildman–Crippen LogP) is 4.38. The first-order valence-electron chi connectivity index (χ1n) is 11.9. The molecule has 0 bridgehead atoms. The van der Waals surface area contributed by atoms with Crippen LogP contribution >= 0.6 is 0 Å². The molecule has 1 aliphatic rings. The molecule has 0 saturated heterocycles. The second-order valence-electron chi connectivity index (χ2n) is 10.4. The van der Waals surface area contributed by atoms with E-state index in [0.717, 1.165) is 0 Å². The molecule has 1 atom stereocenters. The Balaban J connectivity index is 2.08. The zero-order chi connectivity index (χ0) is 24.5. The van der Waals surface area contributed by atoms with Crippen molar-refractivity contribution >= 4 is 24.7 Å². The van der Waals surface area contributed by atoms with Crippen molar-refractivity contribution in [2.75, 3.05) is 28.2 Å². The van der Waals surface area contributed by atoms with Gasteiger partial charge in [0.25, 0.3) is 0 Å². The number of benzene rings is 3. The van der Waals surface area contributed by atoms with Gasteiger partial charge in [-0.1, -0.05) is 0 Å². The molecule has 0 amide bonds. The molecule has 0 saturated carbocycles. The van der Waals surface area contributed by atoms with Gasteiger partial charge >= 0.3 is 214 Å². The van der Waals surface area contributed by atoms with Crippen LogP contribution in [0.25, 0.3) is 6.08 Å². The monoisotopic (exact) mass is 554 g/mol. The van der Waals surface area contributed by atoms with Gasteiger partial charge in [0.1, 0.15) is 0 Å². The molecule has 0 heterocycles. The Bertz CT molecular complexity index is 1090. The number of allylic oxidation sites excluding steroid dienone is 1. The number of nitrogens with zero attached hydrogens (tertiary/aromatic N) is 2. The Kier molecular flexibility index (Phi) is 7.47.